The van der Waals surface area contributed by atoms with E-state index < -0.39 is 10.0 Å². The second-order valence-corrected chi connectivity index (χ2v) is 7.36. The monoisotopic (exact) mass is 316 g/mol. The first kappa shape index (κ1) is 16.4. The molecule has 0 bridgehead atoms. The lowest BCUT2D eigenvalue weighted by molar-refractivity contribution is -0.0441. The molecule has 1 aromatic rings. The number of hydrogen-bond acceptors (Lipinski definition) is 5. The molecular formula is C13H24N4O3S. The molecule has 0 aliphatic carbocycles. The molecule has 0 amide bonds. The minimum absolute atomic E-state index is 0.104. The van der Waals surface area contributed by atoms with Crippen LogP contribution in [0.5, 0.6) is 0 Å². The van der Waals surface area contributed by atoms with Gasteiger partial charge < -0.3 is 10.1 Å². The molecule has 1 saturated heterocycles. The van der Waals surface area contributed by atoms with Gasteiger partial charge in [0.15, 0.2) is 0 Å². The fraction of sp³-hybridized carbons (Fsp3) is 0.769. The standard InChI is InChI=1S/C13H24N4O3S/c1-5-14-6-12-13(11(4)15-16-12)21(18,19)17-7-9(2)20-10(3)8-17/h9-10,14H,5-8H2,1-4H3,(H,15,16)/t9-,10+. The number of aromatic nitrogens is 2. The predicted octanol–water partition coefficient (Wildman–Crippen LogP) is 0.626. The van der Waals surface area contributed by atoms with E-state index in [0.717, 1.165) is 6.54 Å². The van der Waals surface area contributed by atoms with Crippen molar-refractivity contribution in [2.45, 2.75) is 51.3 Å². The Labute approximate surface area is 126 Å². The van der Waals surface area contributed by atoms with Crippen molar-refractivity contribution in [2.75, 3.05) is 19.6 Å². The molecule has 2 rings (SSSR count). The Bertz CT molecular complexity index is 574. The van der Waals surface area contributed by atoms with Gasteiger partial charge in [-0.1, -0.05) is 6.92 Å². The molecule has 2 N–H and O–H groups in total. The van der Waals surface area contributed by atoms with Crippen LogP contribution in [-0.4, -0.2) is 54.8 Å². The van der Waals surface area contributed by atoms with Crippen molar-refractivity contribution in [3.63, 3.8) is 0 Å². The van der Waals surface area contributed by atoms with Crippen LogP contribution in [0.2, 0.25) is 0 Å². The van der Waals surface area contributed by atoms with E-state index in [-0.39, 0.29) is 12.2 Å². The highest BCUT2D eigenvalue weighted by Gasteiger charge is 2.35. The highest BCUT2D eigenvalue weighted by Crippen LogP contribution is 2.25. The first-order chi connectivity index (χ1) is 9.86. The lowest BCUT2D eigenvalue weighted by atomic mass is 10.3. The van der Waals surface area contributed by atoms with E-state index in [9.17, 15) is 8.42 Å². The topological polar surface area (TPSA) is 87.3 Å². The number of nitrogens with one attached hydrogen (secondary N) is 2. The summed E-state index contributed by atoms with van der Waals surface area (Å²) in [5, 5.41) is 10.0. The number of aromatic amines is 1. The average molecular weight is 316 g/mol. The number of nitrogens with zero attached hydrogens (tertiary/aromatic N) is 2. The number of H-pyrrole nitrogens is 1. The number of sulfonamides is 1. The van der Waals surface area contributed by atoms with Crippen LogP contribution >= 0.6 is 0 Å². The smallest absolute Gasteiger partial charge is 0.246 e. The van der Waals surface area contributed by atoms with E-state index in [1.807, 2.05) is 20.8 Å². The van der Waals surface area contributed by atoms with Crippen molar-refractivity contribution in [3.8, 4) is 0 Å². The molecule has 0 aromatic carbocycles. The molecule has 0 saturated carbocycles. The number of hydrogen-bond donors (Lipinski definition) is 2. The number of aryl methyl sites for hydroxylation is 1. The Morgan fingerprint density at radius 1 is 1.38 bits per heavy atom. The maximum Gasteiger partial charge on any atom is 0.246 e. The van der Waals surface area contributed by atoms with E-state index in [2.05, 4.69) is 15.5 Å². The van der Waals surface area contributed by atoms with Crippen molar-refractivity contribution in [3.05, 3.63) is 11.4 Å². The Hall–Kier alpha value is -0.960. The van der Waals surface area contributed by atoms with Crippen molar-refractivity contribution in [1.29, 1.82) is 0 Å². The third kappa shape index (κ3) is 3.45. The van der Waals surface area contributed by atoms with Gasteiger partial charge >= 0.3 is 0 Å². The quantitative estimate of drug-likeness (QED) is 0.832. The number of ether oxygens (including phenoxy) is 1. The maximum absolute atomic E-state index is 12.9. The second kappa shape index (κ2) is 6.43. The molecule has 0 unspecified atom stereocenters. The van der Waals surface area contributed by atoms with Crippen molar-refractivity contribution >= 4 is 10.0 Å². The Kier molecular flexibility index (Phi) is 5.03. The van der Waals surface area contributed by atoms with Crippen LogP contribution in [0, 0.1) is 6.92 Å². The van der Waals surface area contributed by atoms with Crippen molar-refractivity contribution < 1.29 is 13.2 Å². The lowest BCUT2D eigenvalue weighted by Gasteiger charge is -2.34. The fourth-order valence-electron chi connectivity index (χ4n) is 2.63. The Morgan fingerprint density at radius 2 is 2.00 bits per heavy atom. The summed E-state index contributed by atoms with van der Waals surface area (Å²) in [7, 11) is -3.56. The summed E-state index contributed by atoms with van der Waals surface area (Å²) < 4.78 is 33.0. The van der Waals surface area contributed by atoms with Crippen molar-refractivity contribution in [2.24, 2.45) is 0 Å². The predicted molar refractivity (Wildman–Crippen MR) is 79.5 cm³/mol. The average Bonchev–Trinajstić information content (AvgIpc) is 2.77. The van der Waals surface area contributed by atoms with E-state index in [0.29, 0.717) is 35.9 Å². The fourth-order valence-corrected chi connectivity index (χ4v) is 4.55. The van der Waals surface area contributed by atoms with Gasteiger partial charge in [0.25, 0.3) is 0 Å². The van der Waals surface area contributed by atoms with Crippen LogP contribution in [0.25, 0.3) is 0 Å². The van der Waals surface area contributed by atoms with Gasteiger partial charge in [-0.2, -0.15) is 9.40 Å². The van der Waals surface area contributed by atoms with Crippen LogP contribution in [0.3, 0.4) is 0 Å². The third-order valence-electron chi connectivity index (χ3n) is 3.49. The highest BCUT2D eigenvalue weighted by atomic mass is 32.2. The van der Waals surface area contributed by atoms with Crippen LogP contribution in [0.15, 0.2) is 4.90 Å². The molecule has 1 aliphatic heterocycles. The van der Waals surface area contributed by atoms with Crippen LogP contribution in [0.4, 0.5) is 0 Å². The van der Waals surface area contributed by atoms with Gasteiger partial charge in [-0.05, 0) is 27.3 Å². The molecule has 2 heterocycles. The molecule has 0 radical (unpaired) electrons. The second-order valence-electron chi connectivity index (χ2n) is 5.48. The SMILES string of the molecule is CCNCc1n[nH]c(C)c1S(=O)(=O)N1C[C@@H](C)O[C@@H](C)C1. The zero-order valence-corrected chi connectivity index (χ0v) is 13.8. The first-order valence-corrected chi connectivity index (χ1v) is 8.70. The van der Waals surface area contributed by atoms with E-state index in [1.54, 1.807) is 6.92 Å². The zero-order chi connectivity index (χ0) is 15.6. The third-order valence-corrected chi connectivity index (χ3v) is 5.52. The Balaban J connectivity index is 2.33. The van der Waals surface area contributed by atoms with Gasteiger partial charge in [-0.15, -0.1) is 0 Å². The van der Waals surface area contributed by atoms with Gasteiger partial charge in [0, 0.05) is 19.6 Å². The molecule has 0 spiro atoms. The van der Waals surface area contributed by atoms with Gasteiger partial charge in [0.05, 0.1) is 23.6 Å². The zero-order valence-electron chi connectivity index (χ0n) is 13.0. The normalized spacial score (nSPS) is 24.4. The van der Waals surface area contributed by atoms with E-state index in [4.69, 9.17) is 4.74 Å². The molecule has 21 heavy (non-hydrogen) atoms. The van der Waals surface area contributed by atoms with Crippen molar-refractivity contribution in [1.82, 2.24) is 19.8 Å². The van der Waals surface area contributed by atoms with Gasteiger partial charge in [0.1, 0.15) is 4.90 Å². The summed E-state index contributed by atoms with van der Waals surface area (Å²) >= 11 is 0. The largest absolute Gasteiger partial charge is 0.373 e. The van der Waals surface area contributed by atoms with Crippen LogP contribution < -0.4 is 5.32 Å². The highest BCUT2D eigenvalue weighted by molar-refractivity contribution is 7.89. The molecule has 1 aliphatic rings. The summed E-state index contributed by atoms with van der Waals surface area (Å²) in [6.07, 6.45) is -0.208. The van der Waals surface area contributed by atoms with Gasteiger partial charge in [-0.25, -0.2) is 8.42 Å². The summed E-state index contributed by atoms with van der Waals surface area (Å²) in [5.41, 5.74) is 1.12. The minimum atomic E-state index is -3.56. The van der Waals surface area contributed by atoms with E-state index in [1.165, 1.54) is 4.31 Å². The maximum atomic E-state index is 12.9. The van der Waals surface area contributed by atoms with Gasteiger partial charge in [-0.3, -0.25) is 5.10 Å². The summed E-state index contributed by atoms with van der Waals surface area (Å²) in [4.78, 5) is 0.296. The van der Waals surface area contributed by atoms with Gasteiger partial charge in [0.2, 0.25) is 10.0 Å². The molecule has 1 fully saturated rings. The summed E-state index contributed by atoms with van der Waals surface area (Å²) in [5.74, 6) is 0. The first-order valence-electron chi connectivity index (χ1n) is 7.26. The Morgan fingerprint density at radius 3 is 2.57 bits per heavy atom. The molecular weight excluding hydrogens is 292 g/mol. The summed E-state index contributed by atoms with van der Waals surface area (Å²) in [6, 6.07) is 0. The lowest BCUT2D eigenvalue weighted by Crippen LogP contribution is -2.48. The van der Waals surface area contributed by atoms with E-state index >= 15 is 0 Å². The number of rotatable bonds is 5. The summed E-state index contributed by atoms with van der Waals surface area (Å²) in [6.45, 7) is 9.43. The van der Waals surface area contributed by atoms with Crippen LogP contribution in [0.1, 0.15) is 32.2 Å². The molecule has 7 nitrogen and oxygen atoms in total. The molecule has 8 heteroatoms. The molecule has 1 aromatic heterocycles. The van der Waals surface area contributed by atoms with Crippen LogP contribution in [-0.2, 0) is 21.3 Å². The minimum Gasteiger partial charge on any atom is -0.373 e. The number of morpholine rings is 1. The molecule has 2 atom stereocenters. The molecule has 120 valence electrons.